The number of anilines is 1. The number of halogens is 1. The zero-order valence-corrected chi connectivity index (χ0v) is 15.2. The van der Waals surface area contributed by atoms with Gasteiger partial charge in [-0.2, -0.15) is 0 Å². The van der Waals surface area contributed by atoms with Crippen molar-refractivity contribution < 1.29 is 13.2 Å². The van der Waals surface area contributed by atoms with Gasteiger partial charge in [-0.05, 0) is 54.8 Å². The average Bonchev–Trinajstić information content (AvgIpc) is 3.11. The minimum absolute atomic E-state index is 0.118. The second-order valence-electron chi connectivity index (χ2n) is 6.02. The SMILES string of the molecule is O=C(Cc1ccc(NS(=O)(=O)c2ccc(Cl)cc2)cc1)N1CCCC1. The Morgan fingerprint density at radius 3 is 2.20 bits per heavy atom. The molecule has 2 aromatic rings. The van der Waals surface area contributed by atoms with Gasteiger partial charge in [0.15, 0.2) is 0 Å². The van der Waals surface area contributed by atoms with Gasteiger partial charge in [-0.1, -0.05) is 23.7 Å². The summed E-state index contributed by atoms with van der Waals surface area (Å²) in [6.45, 7) is 1.66. The highest BCUT2D eigenvalue weighted by Gasteiger charge is 2.18. The molecule has 3 rings (SSSR count). The second-order valence-corrected chi connectivity index (χ2v) is 8.14. The van der Waals surface area contributed by atoms with Gasteiger partial charge >= 0.3 is 0 Å². The minimum atomic E-state index is -3.66. The largest absolute Gasteiger partial charge is 0.342 e. The van der Waals surface area contributed by atoms with E-state index in [2.05, 4.69) is 4.72 Å². The van der Waals surface area contributed by atoms with E-state index < -0.39 is 10.0 Å². The molecule has 0 aliphatic carbocycles. The first-order valence-corrected chi connectivity index (χ1v) is 9.95. The molecule has 1 N–H and O–H groups in total. The van der Waals surface area contributed by atoms with Crippen molar-refractivity contribution in [3.63, 3.8) is 0 Å². The van der Waals surface area contributed by atoms with Gasteiger partial charge in [-0.25, -0.2) is 8.42 Å². The molecule has 1 saturated heterocycles. The van der Waals surface area contributed by atoms with Crippen LogP contribution in [0.15, 0.2) is 53.4 Å². The van der Waals surface area contributed by atoms with E-state index >= 15 is 0 Å². The summed E-state index contributed by atoms with van der Waals surface area (Å²) in [5, 5.41) is 0.478. The van der Waals surface area contributed by atoms with Gasteiger partial charge in [0.05, 0.1) is 11.3 Å². The molecule has 1 aliphatic rings. The van der Waals surface area contributed by atoms with Crippen molar-refractivity contribution in [2.24, 2.45) is 0 Å². The summed E-state index contributed by atoms with van der Waals surface area (Å²) >= 11 is 5.78. The predicted molar refractivity (Wildman–Crippen MR) is 98.2 cm³/mol. The molecule has 1 amide bonds. The van der Waals surface area contributed by atoms with Gasteiger partial charge in [0, 0.05) is 23.8 Å². The van der Waals surface area contributed by atoms with Gasteiger partial charge in [0.2, 0.25) is 5.91 Å². The van der Waals surface area contributed by atoms with E-state index in [1.54, 1.807) is 24.3 Å². The second kappa shape index (κ2) is 7.45. The third kappa shape index (κ3) is 4.52. The Bertz CT molecular complexity index is 843. The fourth-order valence-corrected chi connectivity index (χ4v) is 3.96. The lowest BCUT2D eigenvalue weighted by molar-refractivity contribution is -0.129. The first kappa shape index (κ1) is 17.8. The summed E-state index contributed by atoms with van der Waals surface area (Å²) in [7, 11) is -3.66. The van der Waals surface area contributed by atoms with Crippen LogP contribution in [-0.4, -0.2) is 32.3 Å². The summed E-state index contributed by atoms with van der Waals surface area (Å²) in [4.78, 5) is 14.2. The highest BCUT2D eigenvalue weighted by molar-refractivity contribution is 7.92. The number of likely N-dealkylation sites (tertiary alicyclic amines) is 1. The molecule has 7 heteroatoms. The standard InChI is InChI=1S/C18H19ClN2O3S/c19-15-5-9-17(10-6-15)25(23,24)20-16-7-3-14(4-8-16)13-18(22)21-11-1-2-12-21/h3-10,20H,1-2,11-13H2. The fraction of sp³-hybridized carbons (Fsp3) is 0.278. The number of carbonyl (C=O) groups excluding carboxylic acids is 1. The van der Waals surface area contributed by atoms with Crippen molar-refractivity contribution in [2.75, 3.05) is 17.8 Å². The Morgan fingerprint density at radius 1 is 1.00 bits per heavy atom. The monoisotopic (exact) mass is 378 g/mol. The van der Waals surface area contributed by atoms with E-state index in [1.165, 1.54) is 24.3 Å². The van der Waals surface area contributed by atoms with Crippen molar-refractivity contribution in [1.82, 2.24) is 4.90 Å². The highest BCUT2D eigenvalue weighted by atomic mass is 35.5. The molecule has 0 atom stereocenters. The van der Waals surface area contributed by atoms with Crippen LogP contribution in [0.3, 0.4) is 0 Å². The fourth-order valence-electron chi connectivity index (χ4n) is 2.77. The Hall–Kier alpha value is -2.05. The number of rotatable bonds is 5. The molecule has 0 aromatic heterocycles. The molecule has 1 fully saturated rings. The van der Waals surface area contributed by atoms with Gasteiger partial charge in [0.1, 0.15) is 0 Å². The normalized spacial score (nSPS) is 14.5. The van der Waals surface area contributed by atoms with E-state index in [0.717, 1.165) is 31.5 Å². The highest BCUT2D eigenvalue weighted by Crippen LogP contribution is 2.19. The third-order valence-electron chi connectivity index (χ3n) is 4.14. The first-order chi connectivity index (χ1) is 11.9. The van der Waals surface area contributed by atoms with Crippen LogP contribution in [0.1, 0.15) is 18.4 Å². The van der Waals surface area contributed by atoms with Crippen molar-refractivity contribution >= 4 is 33.2 Å². The summed E-state index contributed by atoms with van der Waals surface area (Å²) in [6.07, 6.45) is 2.47. The molecule has 0 spiro atoms. The summed E-state index contributed by atoms with van der Waals surface area (Å²) in [5.41, 5.74) is 1.32. The first-order valence-electron chi connectivity index (χ1n) is 8.09. The lowest BCUT2D eigenvalue weighted by Gasteiger charge is -2.15. The molecular weight excluding hydrogens is 360 g/mol. The topological polar surface area (TPSA) is 66.5 Å². The number of nitrogens with zero attached hydrogens (tertiary/aromatic N) is 1. The summed E-state index contributed by atoms with van der Waals surface area (Å²) in [6, 6.07) is 12.8. The molecule has 0 radical (unpaired) electrons. The maximum absolute atomic E-state index is 12.3. The third-order valence-corrected chi connectivity index (χ3v) is 5.79. The van der Waals surface area contributed by atoms with Crippen molar-refractivity contribution in [3.8, 4) is 0 Å². The van der Waals surface area contributed by atoms with Crippen molar-refractivity contribution in [2.45, 2.75) is 24.2 Å². The quantitative estimate of drug-likeness (QED) is 0.868. The smallest absolute Gasteiger partial charge is 0.261 e. The number of benzene rings is 2. The molecule has 2 aromatic carbocycles. The number of amides is 1. The molecule has 132 valence electrons. The molecule has 0 bridgehead atoms. The zero-order valence-electron chi connectivity index (χ0n) is 13.6. The molecule has 0 saturated carbocycles. The van der Waals surface area contributed by atoms with E-state index in [9.17, 15) is 13.2 Å². The van der Waals surface area contributed by atoms with Crippen LogP contribution < -0.4 is 4.72 Å². The van der Waals surface area contributed by atoms with Crippen LogP contribution in [0.2, 0.25) is 5.02 Å². The Morgan fingerprint density at radius 2 is 1.60 bits per heavy atom. The van der Waals surface area contributed by atoms with Crippen LogP contribution in [0.25, 0.3) is 0 Å². The Balaban J connectivity index is 1.65. The lowest BCUT2D eigenvalue weighted by Crippen LogP contribution is -2.29. The molecule has 1 aliphatic heterocycles. The van der Waals surface area contributed by atoms with Gasteiger partial charge in [0.25, 0.3) is 10.0 Å². The summed E-state index contributed by atoms with van der Waals surface area (Å²) < 4.78 is 27.2. The van der Waals surface area contributed by atoms with Crippen molar-refractivity contribution in [1.29, 1.82) is 0 Å². The van der Waals surface area contributed by atoms with E-state index in [0.29, 0.717) is 17.1 Å². The number of hydrogen-bond donors (Lipinski definition) is 1. The number of carbonyl (C=O) groups is 1. The average molecular weight is 379 g/mol. The molecule has 5 nitrogen and oxygen atoms in total. The maximum atomic E-state index is 12.3. The van der Waals surface area contributed by atoms with Crippen LogP contribution >= 0.6 is 11.6 Å². The van der Waals surface area contributed by atoms with Gasteiger partial charge in [-0.15, -0.1) is 0 Å². The molecule has 25 heavy (non-hydrogen) atoms. The van der Waals surface area contributed by atoms with Crippen LogP contribution in [-0.2, 0) is 21.2 Å². The number of hydrogen-bond acceptors (Lipinski definition) is 3. The lowest BCUT2D eigenvalue weighted by atomic mass is 10.1. The predicted octanol–water partition coefficient (Wildman–Crippen LogP) is 3.31. The van der Waals surface area contributed by atoms with E-state index in [4.69, 9.17) is 11.6 Å². The van der Waals surface area contributed by atoms with Gasteiger partial charge < -0.3 is 4.90 Å². The zero-order chi connectivity index (χ0) is 17.9. The maximum Gasteiger partial charge on any atom is 0.261 e. The van der Waals surface area contributed by atoms with Gasteiger partial charge in [-0.3, -0.25) is 9.52 Å². The number of nitrogens with one attached hydrogen (secondary N) is 1. The van der Waals surface area contributed by atoms with E-state index in [1.807, 2.05) is 4.90 Å². The summed E-state index contributed by atoms with van der Waals surface area (Å²) in [5.74, 6) is 0.118. The number of sulfonamides is 1. The van der Waals surface area contributed by atoms with Crippen molar-refractivity contribution in [3.05, 3.63) is 59.1 Å². The molecule has 1 heterocycles. The van der Waals surface area contributed by atoms with Crippen LogP contribution in [0.5, 0.6) is 0 Å². The Labute approximate surface area is 152 Å². The van der Waals surface area contributed by atoms with Crippen LogP contribution in [0.4, 0.5) is 5.69 Å². The molecule has 0 unspecified atom stereocenters. The Kier molecular flexibility index (Phi) is 5.30. The minimum Gasteiger partial charge on any atom is -0.342 e. The van der Waals surface area contributed by atoms with Crippen LogP contribution in [0, 0.1) is 0 Å². The molecular formula is C18H19ClN2O3S. The van der Waals surface area contributed by atoms with E-state index in [-0.39, 0.29) is 10.8 Å².